The molecule has 110 valence electrons. The maximum Gasteiger partial charge on any atom is 0.289 e. The maximum atomic E-state index is 13.7. The van der Waals surface area contributed by atoms with E-state index in [1.807, 2.05) is 4.72 Å². The van der Waals surface area contributed by atoms with Gasteiger partial charge in [-0.3, -0.25) is 14.8 Å². The summed E-state index contributed by atoms with van der Waals surface area (Å²) in [7, 11) is -4.26. The molecule has 0 aliphatic carbocycles. The van der Waals surface area contributed by atoms with Crippen molar-refractivity contribution in [2.24, 2.45) is 0 Å². The normalized spacial score (nSPS) is 11.1. The highest BCUT2D eigenvalue weighted by atomic mass is 32.2. The molecule has 0 saturated carbocycles. The number of benzene rings is 2. The minimum Gasteiger partial charge on any atom is -0.276 e. The van der Waals surface area contributed by atoms with Crippen molar-refractivity contribution < 1.29 is 17.7 Å². The third-order valence-electron chi connectivity index (χ3n) is 2.72. The Labute approximate surface area is 120 Å². The molecule has 2 aromatic rings. The second kappa shape index (κ2) is 5.49. The van der Waals surface area contributed by atoms with Crippen LogP contribution in [0.15, 0.2) is 47.4 Å². The van der Waals surface area contributed by atoms with Gasteiger partial charge in [-0.1, -0.05) is 18.2 Å². The number of hydrogen-bond donors (Lipinski definition) is 1. The van der Waals surface area contributed by atoms with Gasteiger partial charge in [-0.15, -0.1) is 0 Å². The molecular weight excluding hydrogens is 299 g/mol. The molecule has 6 nitrogen and oxygen atoms in total. The first kappa shape index (κ1) is 14.9. The van der Waals surface area contributed by atoms with E-state index in [0.717, 1.165) is 18.2 Å². The van der Waals surface area contributed by atoms with Crippen LogP contribution < -0.4 is 4.72 Å². The van der Waals surface area contributed by atoms with Crippen molar-refractivity contribution in [1.82, 2.24) is 0 Å². The highest BCUT2D eigenvalue weighted by molar-refractivity contribution is 7.92. The quantitative estimate of drug-likeness (QED) is 0.694. The minimum atomic E-state index is -4.26. The second-order valence-electron chi connectivity index (χ2n) is 4.31. The Morgan fingerprint density at radius 2 is 1.86 bits per heavy atom. The molecule has 0 saturated heterocycles. The minimum absolute atomic E-state index is 0.265. The van der Waals surface area contributed by atoms with Gasteiger partial charge in [0.25, 0.3) is 15.7 Å². The number of para-hydroxylation sites is 1. The third kappa shape index (κ3) is 3.16. The zero-order valence-electron chi connectivity index (χ0n) is 10.9. The van der Waals surface area contributed by atoms with Crippen molar-refractivity contribution in [3.05, 3.63) is 64.0 Å². The van der Waals surface area contributed by atoms with Gasteiger partial charge < -0.3 is 0 Å². The van der Waals surface area contributed by atoms with Gasteiger partial charge in [0.15, 0.2) is 4.90 Å². The largest absolute Gasteiger partial charge is 0.289 e. The van der Waals surface area contributed by atoms with Crippen LogP contribution in [0.3, 0.4) is 0 Å². The fourth-order valence-corrected chi connectivity index (χ4v) is 2.98. The molecule has 0 amide bonds. The summed E-state index contributed by atoms with van der Waals surface area (Å²) in [5.74, 6) is -0.753. The number of nitro benzene ring substituents is 1. The summed E-state index contributed by atoms with van der Waals surface area (Å²) < 4.78 is 40.1. The van der Waals surface area contributed by atoms with Crippen molar-refractivity contribution in [2.45, 2.75) is 11.8 Å². The van der Waals surface area contributed by atoms with Gasteiger partial charge in [-0.25, -0.2) is 12.8 Å². The molecule has 0 spiro atoms. The topological polar surface area (TPSA) is 89.3 Å². The van der Waals surface area contributed by atoms with Gasteiger partial charge in [0.05, 0.1) is 10.6 Å². The average molecular weight is 310 g/mol. The number of anilines is 1. The molecule has 0 aliphatic rings. The van der Waals surface area contributed by atoms with Crippen molar-refractivity contribution in [3.8, 4) is 0 Å². The van der Waals surface area contributed by atoms with Crippen molar-refractivity contribution in [1.29, 1.82) is 0 Å². The van der Waals surface area contributed by atoms with Gasteiger partial charge in [0.2, 0.25) is 0 Å². The lowest BCUT2D eigenvalue weighted by Crippen LogP contribution is -2.15. The maximum absolute atomic E-state index is 13.7. The molecule has 0 fully saturated rings. The predicted octanol–water partition coefficient (Wildman–Crippen LogP) is 2.84. The highest BCUT2D eigenvalue weighted by Gasteiger charge is 2.25. The van der Waals surface area contributed by atoms with Crippen LogP contribution in [0.4, 0.5) is 15.8 Å². The van der Waals surface area contributed by atoms with E-state index in [-0.39, 0.29) is 5.69 Å². The number of halogens is 1. The summed E-state index contributed by atoms with van der Waals surface area (Å²) in [6.45, 7) is 1.66. The van der Waals surface area contributed by atoms with E-state index in [1.165, 1.54) is 24.3 Å². The van der Waals surface area contributed by atoms with Crippen LogP contribution in [-0.4, -0.2) is 13.3 Å². The van der Waals surface area contributed by atoms with Crippen LogP contribution in [0.5, 0.6) is 0 Å². The molecule has 0 atom stereocenters. The van der Waals surface area contributed by atoms with E-state index in [2.05, 4.69) is 0 Å². The molecule has 0 unspecified atom stereocenters. The number of sulfonamides is 1. The Morgan fingerprint density at radius 1 is 1.19 bits per heavy atom. The Kier molecular flexibility index (Phi) is 3.90. The average Bonchev–Trinajstić information content (AvgIpc) is 2.42. The van der Waals surface area contributed by atoms with Crippen LogP contribution in [0, 0.1) is 22.9 Å². The Bertz CT molecular complexity index is 806. The van der Waals surface area contributed by atoms with Crippen molar-refractivity contribution in [3.63, 3.8) is 0 Å². The second-order valence-corrected chi connectivity index (χ2v) is 5.96. The molecule has 1 N–H and O–H groups in total. The van der Waals surface area contributed by atoms with Gasteiger partial charge >= 0.3 is 0 Å². The fourth-order valence-electron chi connectivity index (χ4n) is 1.74. The highest BCUT2D eigenvalue weighted by Crippen LogP contribution is 2.26. The van der Waals surface area contributed by atoms with Crippen LogP contribution >= 0.6 is 0 Å². The monoisotopic (exact) mass is 310 g/mol. The number of nitrogens with one attached hydrogen (secondary N) is 1. The molecule has 8 heteroatoms. The van der Waals surface area contributed by atoms with Gasteiger partial charge in [0, 0.05) is 6.07 Å². The van der Waals surface area contributed by atoms with Crippen LogP contribution in [0.2, 0.25) is 0 Å². The molecular formula is C13H11FN2O4S. The zero-order valence-corrected chi connectivity index (χ0v) is 11.7. The van der Waals surface area contributed by atoms with E-state index < -0.39 is 31.3 Å². The van der Waals surface area contributed by atoms with Crippen LogP contribution in [0.25, 0.3) is 0 Å². The molecule has 0 aliphatic heterocycles. The summed E-state index contributed by atoms with van der Waals surface area (Å²) in [5, 5.41) is 10.9. The van der Waals surface area contributed by atoms with E-state index in [1.54, 1.807) is 6.92 Å². The van der Waals surface area contributed by atoms with Gasteiger partial charge in [0.1, 0.15) is 5.82 Å². The molecule has 21 heavy (non-hydrogen) atoms. The first-order valence-electron chi connectivity index (χ1n) is 5.83. The molecule has 0 aromatic heterocycles. The van der Waals surface area contributed by atoms with Crippen LogP contribution in [-0.2, 0) is 10.0 Å². The smallest absolute Gasteiger partial charge is 0.276 e. The summed E-state index contributed by atoms with van der Waals surface area (Å²) >= 11 is 0. The Hall–Kier alpha value is -2.48. The number of rotatable bonds is 4. The Morgan fingerprint density at radius 3 is 2.48 bits per heavy atom. The Balaban J connectivity index is 2.46. The number of nitro groups is 1. The first-order chi connectivity index (χ1) is 9.81. The fraction of sp³-hybridized carbons (Fsp3) is 0.0769. The predicted molar refractivity (Wildman–Crippen MR) is 75.0 cm³/mol. The van der Waals surface area contributed by atoms with Crippen molar-refractivity contribution >= 4 is 21.4 Å². The lowest BCUT2D eigenvalue weighted by molar-refractivity contribution is -0.387. The summed E-state index contributed by atoms with van der Waals surface area (Å²) in [6.07, 6.45) is 0. The van der Waals surface area contributed by atoms with E-state index in [0.29, 0.717) is 5.56 Å². The number of nitrogens with zero attached hydrogens (tertiary/aromatic N) is 1. The molecule has 0 heterocycles. The van der Waals surface area contributed by atoms with Gasteiger partial charge in [-0.2, -0.15) is 0 Å². The first-order valence-corrected chi connectivity index (χ1v) is 7.32. The number of hydrogen-bond acceptors (Lipinski definition) is 4. The van der Waals surface area contributed by atoms with Crippen LogP contribution in [0.1, 0.15) is 5.56 Å². The van der Waals surface area contributed by atoms with E-state index in [9.17, 15) is 22.9 Å². The standard InChI is InChI=1S/C13H11FN2O4S/c1-9-6-7-11(10(14)8-9)15-21(19,20)13-5-3-2-4-12(13)16(17)18/h2-8,15H,1H3. The molecule has 2 aromatic carbocycles. The molecule has 0 bridgehead atoms. The third-order valence-corrected chi connectivity index (χ3v) is 4.13. The molecule has 0 radical (unpaired) electrons. The van der Waals surface area contributed by atoms with E-state index >= 15 is 0 Å². The summed E-state index contributed by atoms with van der Waals surface area (Å²) in [4.78, 5) is 9.55. The zero-order chi connectivity index (χ0) is 15.6. The molecule has 2 rings (SSSR count). The summed E-state index contributed by atoms with van der Waals surface area (Å²) in [5.41, 5.74) is -0.211. The SMILES string of the molecule is Cc1ccc(NS(=O)(=O)c2ccccc2[N+](=O)[O-])c(F)c1. The lowest BCUT2D eigenvalue weighted by Gasteiger charge is -2.09. The van der Waals surface area contributed by atoms with Crippen molar-refractivity contribution in [2.75, 3.05) is 4.72 Å². The summed E-state index contributed by atoms with van der Waals surface area (Å²) in [6, 6.07) is 8.82. The lowest BCUT2D eigenvalue weighted by atomic mass is 10.2. The van der Waals surface area contributed by atoms with Gasteiger partial charge in [-0.05, 0) is 30.7 Å². The van der Waals surface area contributed by atoms with E-state index in [4.69, 9.17) is 0 Å². The number of aryl methyl sites for hydroxylation is 1.